The lowest BCUT2D eigenvalue weighted by Crippen LogP contribution is -2.41. The predicted octanol–water partition coefficient (Wildman–Crippen LogP) is 2.42. The second kappa shape index (κ2) is 4.10. The first kappa shape index (κ1) is 9.05. The van der Waals surface area contributed by atoms with Crippen LogP contribution in [-0.4, -0.2) is 12.6 Å². The molecular weight excluding hydrogens is 134 g/mol. The molecule has 0 bridgehead atoms. The van der Waals surface area contributed by atoms with Gasteiger partial charge in [0.25, 0.3) is 0 Å². The van der Waals surface area contributed by atoms with Gasteiger partial charge in [-0.2, -0.15) is 0 Å². The lowest BCUT2D eigenvalue weighted by atomic mass is 9.71. The average molecular weight is 155 g/mol. The first-order chi connectivity index (χ1) is 5.27. The van der Waals surface area contributed by atoms with Gasteiger partial charge in [-0.05, 0) is 37.6 Å². The summed E-state index contributed by atoms with van der Waals surface area (Å²) in [5.41, 5.74) is 0. The fourth-order valence-corrected chi connectivity index (χ4v) is 2.20. The molecule has 1 nitrogen and oxygen atoms in total. The van der Waals surface area contributed by atoms with Crippen LogP contribution in [0.4, 0.5) is 0 Å². The first-order valence-corrected chi connectivity index (χ1v) is 5.01. The minimum atomic E-state index is 0.802. The molecule has 11 heavy (non-hydrogen) atoms. The Labute approximate surface area is 70.6 Å². The molecule has 0 aromatic rings. The molecule has 0 heterocycles. The van der Waals surface area contributed by atoms with Crippen molar-refractivity contribution in [2.24, 2.45) is 11.8 Å². The van der Waals surface area contributed by atoms with Gasteiger partial charge < -0.3 is 5.32 Å². The second-order valence-electron chi connectivity index (χ2n) is 3.91. The monoisotopic (exact) mass is 155 g/mol. The van der Waals surface area contributed by atoms with Gasteiger partial charge >= 0.3 is 0 Å². The molecule has 0 aromatic heterocycles. The molecule has 0 saturated heterocycles. The van der Waals surface area contributed by atoms with Crippen molar-refractivity contribution in [3.8, 4) is 0 Å². The summed E-state index contributed by atoms with van der Waals surface area (Å²) in [6, 6.07) is 0.802. The summed E-state index contributed by atoms with van der Waals surface area (Å²) in [5, 5.41) is 3.55. The van der Waals surface area contributed by atoms with Crippen molar-refractivity contribution in [2.75, 3.05) is 6.54 Å². The Morgan fingerprint density at radius 3 is 2.36 bits per heavy atom. The fraction of sp³-hybridized carbons (Fsp3) is 1.00. The van der Waals surface area contributed by atoms with Crippen molar-refractivity contribution in [3.05, 3.63) is 0 Å². The molecule has 0 aromatic carbocycles. The van der Waals surface area contributed by atoms with Crippen LogP contribution in [0.1, 0.15) is 40.0 Å². The molecule has 1 rings (SSSR count). The van der Waals surface area contributed by atoms with E-state index >= 15 is 0 Å². The van der Waals surface area contributed by atoms with Gasteiger partial charge in [0.15, 0.2) is 0 Å². The third-order valence-corrected chi connectivity index (χ3v) is 2.89. The van der Waals surface area contributed by atoms with Crippen molar-refractivity contribution in [1.29, 1.82) is 0 Å². The van der Waals surface area contributed by atoms with E-state index in [4.69, 9.17) is 0 Å². The topological polar surface area (TPSA) is 12.0 Å². The lowest BCUT2D eigenvalue weighted by molar-refractivity contribution is 0.155. The fourth-order valence-electron chi connectivity index (χ4n) is 2.20. The van der Waals surface area contributed by atoms with Gasteiger partial charge in [0, 0.05) is 6.04 Å². The zero-order valence-electron chi connectivity index (χ0n) is 8.06. The Kier molecular flexibility index (Phi) is 3.38. The van der Waals surface area contributed by atoms with Crippen LogP contribution in [0.3, 0.4) is 0 Å². The zero-order chi connectivity index (χ0) is 8.27. The van der Waals surface area contributed by atoms with Crippen LogP contribution in [-0.2, 0) is 0 Å². The number of hydrogen-bond acceptors (Lipinski definition) is 1. The summed E-state index contributed by atoms with van der Waals surface area (Å²) in [6.45, 7) is 7.97. The quantitative estimate of drug-likeness (QED) is 0.657. The predicted molar refractivity (Wildman–Crippen MR) is 49.6 cm³/mol. The largest absolute Gasteiger partial charge is 0.314 e. The highest BCUT2D eigenvalue weighted by Gasteiger charge is 2.30. The maximum absolute atomic E-state index is 3.55. The molecule has 1 N–H and O–H groups in total. The van der Waals surface area contributed by atoms with Gasteiger partial charge in [-0.3, -0.25) is 0 Å². The van der Waals surface area contributed by atoms with Crippen LogP contribution < -0.4 is 5.32 Å². The number of nitrogens with one attached hydrogen (secondary N) is 1. The molecule has 1 heteroatoms. The Balaban J connectivity index is 2.20. The molecule has 1 atom stereocenters. The van der Waals surface area contributed by atoms with E-state index < -0.39 is 0 Å². The van der Waals surface area contributed by atoms with Crippen LogP contribution in [0, 0.1) is 11.8 Å². The third-order valence-electron chi connectivity index (χ3n) is 2.89. The van der Waals surface area contributed by atoms with E-state index in [9.17, 15) is 0 Å². The standard InChI is InChI=1S/C10H21N/c1-4-10(11-5-2)9-6-8(3)7-9/h8-11H,4-7H2,1-3H3. The Bertz CT molecular complexity index is 105. The summed E-state index contributed by atoms with van der Waals surface area (Å²) in [4.78, 5) is 0. The summed E-state index contributed by atoms with van der Waals surface area (Å²) in [5.74, 6) is 1.97. The SMILES string of the molecule is CCNC(CC)C1CC(C)C1. The maximum atomic E-state index is 3.55. The molecule has 0 spiro atoms. The Hall–Kier alpha value is -0.0400. The summed E-state index contributed by atoms with van der Waals surface area (Å²) in [6.07, 6.45) is 4.20. The summed E-state index contributed by atoms with van der Waals surface area (Å²) >= 11 is 0. The van der Waals surface area contributed by atoms with Gasteiger partial charge in [-0.25, -0.2) is 0 Å². The Morgan fingerprint density at radius 1 is 1.36 bits per heavy atom. The van der Waals surface area contributed by atoms with Crippen molar-refractivity contribution in [2.45, 2.75) is 46.1 Å². The molecular formula is C10H21N. The number of rotatable bonds is 4. The highest BCUT2D eigenvalue weighted by atomic mass is 14.9. The number of hydrogen-bond donors (Lipinski definition) is 1. The van der Waals surface area contributed by atoms with E-state index in [0.717, 1.165) is 24.4 Å². The molecule has 1 saturated carbocycles. The molecule has 66 valence electrons. The van der Waals surface area contributed by atoms with Crippen LogP contribution >= 0.6 is 0 Å². The highest BCUT2D eigenvalue weighted by molar-refractivity contribution is 4.85. The van der Waals surface area contributed by atoms with Crippen LogP contribution in [0.25, 0.3) is 0 Å². The van der Waals surface area contributed by atoms with Gasteiger partial charge in [0.05, 0.1) is 0 Å². The van der Waals surface area contributed by atoms with Gasteiger partial charge in [0.1, 0.15) is 0 Å². The lowest BCUT2D eigenvalue weighted by Gasteiger charge is -2.38. The van der Waals surface area contributed by atoms with E-state index in [0.29, 0.717) is 0 Å². The van der Waals surface area contributed by atoms with Gasteiger partial charge in [0.2, 0.25) is 0 Å². The molecule has 0 amide bonds. The van der Waals surface area contributed by atoms with Gasteiger partial charge in [-0.1, -0.05) is 20.8 Å². The van der Waals surface area contributed by atoms with Crippen molar-refractivity contribution < 1.29 is 0 Å². The van der Waals surface area contributed by atoms with E-state index in [2.05, 4.69) is 26.1 Å². The Morgan fingerprint density at radius 2 is 2.00 bits per heavy atom. The summed E-state index contributed by atoms with van der Waals surface area (Å²) < 4.78 is 0. The van der Waals surface area contributed by atoms with E-state index in [1.807, 2.05) is 0 Å². The van der Waals surface area contributed by atoms with E-state index in [-0.39, 0.29) is 0 Å². The minimum Gasteiger partial charge on any atom is -0.314 e. The van der Waals surface area contributed by atoms with Gasteiger partial charge in [-0.15, -0.1) is 0 Å². The second-order valence-corrected chi connectivity index (χ2v) is 3.91. The zero-order valence-corrected chi connectivity index (χ0v) is 8.06. The minimum absolute atomic E-state index is 0.802. The van der Waals surface area contributed by atoms with Crippen LogP contribution in [0.2, 0.25) is 0 Å². The summed E-state index contributed by atoms with van der Waals surface area (Å²) in [7, 11) is 0. The molecule has 1 unspecified atom stereocenters. The average Bonchev–Trinajstić information content (AvgIpc) is 1.95. The molecule has 1 aliphatic carbocycles. The smallest absolute Gasteiger partial charge is 0.00927 e. The van der Waals surface area contributed by atoms with Crippen molar-refractivity contribution in [3.63, 3.8) is 0 Å². The molecule has 1 fully saturated rings. The molecule has 1 aliphatic rings. The first-order valence-electron chi connectivity index (χ1n) is 5.01. The van der Waals surface area contributed by atoms with Crippen molar-refractivity contribution in [1.82, 2.24) is 5.32 Å². The molecule has 0 radical (unpaired) electrons. The maximum Gasteiger partial charge on any atom is 0.00927 e. The van der Waals surface area contributed by atoms with Crippen LogP contribution in [0.15, 0.2) is 0 Å². The highest BCUT2D eigenvalue weighted by Crippen LogP contribution is 2.36. The normalized spacial score (nSPS) is 33.0. The third kappa shape index (κ3) is 2.19. The van der Waals surface area contributed by atoms with E-state index in [1.165, 1.54) is 19.3 Å². The molecule has 0 aliphatic heterocycles. The van der Waals surface area contributed by atoms with Crippen LogP contribution in [0.5, 0.6) is 0 Å². The van der Waals surface area contributed by atoms with Crippen molar-refractivity contribution >= 4 is 0 Å². The van der Waals surface area contributed by atoms with E-state index in [1.54, 1.807) is 0 Å².